The highest BCUT2D eigenvalue weighted by atomic mass is 32.2. The van der Waals surface area contributed by atoms with Gasteiger partial charge in [-0.25, -0.2) is 13.1 Å². The second-order valence-electron chi connectivity index (χ2n) is 11.1. The van der Waals surface area contributed by atoms with E-state index in [4.69, 9.17) is 4.74 Å². The van der Waals surface area contributed by atoms with Crippen LogP contribution >= 0.6 is 0 Å². The fourth-order valence-corrected chi connectivity index (χ4v) is 8.46. The van der Waals surface area contributed by atoms with E-state index in [-0.39, 0.29) is 5.41 Å². The highest BCUT2D eigenvalue weighted by Crippen LogP contribution is 2.62. The molecule has 0 heterocycles. The maximum Gasteiger partial charge on any atom is 0.240 e. The first-order valence-corrected chi connectivity index (χ1v) is 14.5. The second kappa shape index (κ2) is 9.36. The van der Waals surface area contributed by atoms with Crippen LogP contribution in [0.5, 0.6) is 5.75 Å². The van der Waals surface area contributed by atoms with Gasteiger partial charge in [-0.3, -0.25) is 4.79 Å². The number of nitrogens with one attached hydrogen (secondary N) is 1. The van der Waals surface area contributed by atoms with Crippen LogP contribution < -0.4 is 9.46 Å². The number of sulfonamides is 1. The summed E-state index contributed by atoms with van der Waals surface area (Å²) >= 11 is 0. The lowest BCUT2D eigenvalue weighted by atomic mass is 9.54. The Morgan fingerprint density at radius 1 is 1.11 bits per heavy atom. The van der Waals surface area contributed by atoms with Crippen molar-refractivity contribution in [2.24, 2.45) is 23.2 Å². The average molecular weight is 496 g/mol. The molecule has 1 N–H and O–H groups in total. The topological polar surface area (TPSA) is 72.5 Å². The van der Waals surface area contributed by atoms with E-state index in [1.807, 2.05) is 19.1 Å². The maximum absolute atomic E-state index is 13.2. The molecule has 5 nitrogen and oxygen atoms in total. The molecular weight excluding hydrogens is 458 g/mol. The molecule has 5 atom stereocenters. The van der Waals surface area contributed by atoms with Gasteiger partial charge in [0.15, 0.2) is 0 Å². The zero-order valence-corrected chi connectivity index (χ0v) is 21.9. The highest BCUT2D eigenvalue weighted by molar-refractivity contribution is 7.89. The molecule has 3 aliphatic carbocycles. The Labute approximate surface area is 209 Å². The molecule has 0 radical (unpaired) electrons. The number of Topliss-reactive ketones (excluding diaryl/α,β-unsaturated/α-hetero) is 1. The Kier molecular flexibility index (Phi) is 6.56. The smallest absolute Gasteiger partial charge is 0.240 e. The van der Waals surface area contributed by atoms with E-state index < -0.39 is 10.0 Å². The number of aryl methyl sites for hydroxylation is 2. The molecule has 2 aromatic carbocycles. The molecule has 5 rings (SSSR count). The second-order valence-corrected chi connectivity index (χ2v) is 12.9. The summed E-state index contributed by atoms with van der Waals surface area (Å²) in [4.78, 5) is 13.5. The molecule has 6 heteroatoms. The van der Waals surface area contributed by atoms with E-state index >= 15 is 0 Å². The number of ether oxygens (including phenoxy) is 1. The van der Waals surface area contributed by atoms with Crippen LogP contribution in [0.4, 0.5) is 0 Å². The van der Waals surface area contributed by atoms with Crippen LogP contribution in [0.25, 0.3) is 0 Å². The van der Waals surface area contributed by atoms with E-state index in [1.54, 1.807) is 19.2 Å². The third kappa shape index (κ3) is 4.44. The summed E-state index contributed by atoms with van der Waals surface area (Å²) in [6.45, 7) is 4.55. The Hall–Kier alpha value is -2.18. The van der Waals surface area contributed by atoms with Crippen molar-refractivity contribution in [3.63, 3.8) is 0 Å². The largest absolute Gasteiger partial charge is 0.497 e. The number of methoxy groups -OCH3 is 1. The van der Waals surface area contributed by atoms with Gasteiger partial charge in [-0.2, -0.15) is 0 Å². The van der Waals surface area contributed by atoms with E-state index in [9.17, 15) is 13.2 Å². The lowest BCUT2D eigenvalue weighted by Crippen LogP contribution is -2.44. The average Bonchev–Trinajstić information content (AvgIpc) is 3.11. The number of hydrogen-bond donors (Lipinski definition) is 1. The van der Waals surface area contributed by atoms with Crippen molar-refractivity contribution in [1.82, 2.24) is 4.72 Å². The van der Waals surface area contributed by atoms with E-state index in [1.165, 1.54) is 11.1 Å². The molecule has 0 saturated heterocycles. The van der Waals surface area contributed by atoms with E-state index in [0.29, 0.717) is 47.3 Å². The van der Waals surface area contributed by atoms with Gasteiger partial charge in [0.1, 0.15) is 11.5 Å². The minimum atomic E-state index is -3.50. The first kappa shape index (κ1) is 24.5. The van der Waals surface area contributed by atoms with Crippen LogP contribution in [-0.4, -0.2) is 27.9 Å². The molecule has 188 valence electrons. The monoisotopic (exact) mass is 495 g/mol. The lowest BCUT2D eigenvalue weighted by molar-refractivity contribution is -0.129. The van der Waals surface area contributed by atoms with Crippen molar-refractivity contribution in [2.75, 3.05) is 13.7 Å². The van der Waals surface area contributed by atoms with E-state index in [0.717, 1.165) is 49.8 Å². The van der Waals surface area contributed by atoms with E-state index in [2.05, 4.69) is 29.8 Å². The SMILES string of the molecule is COc1ccc2c(c1)CCC1C2CC[C@]2(C)C(=O)CC(CCCNS(=O)(=O)c3ccc(C)cc3)C12. The number of carbonyl (C=O) groups excluding carboxylic acids is 1. The fraction of sp³-hybridized carbons (Fsp3) is 0.552. The maximum atomic E-state index is 13.2. The summed E-state index contributed by atoms with van der Waals surface area (Å²) < 4.78 is 33.5. The first-order valence-electron chi connectivity index (χ1n) is 13.0. The third-order valence-electron chi connectivity index (χ3n) is 9.15. The molecule has 35 heavy (non-hydrogen) atoms. The number of carbonyl (C=O) groups is 1. The van der Waals surface area contributed by atoms with Crippen molar-refractivity contribution >= 4 is 15.8 Å². The molecule has 0 amide bonds. The lowest BCUT2D eigenvalue weighted by Gasteiger charge is -2.50. The van der Waals surface area contributed by atoms with Gasteiger partial charge in [0.05, 0.1) is 12.0 Å². The molecule has 3 aliphatic rings. The van der Waals surface area contributed by atoms with Crippen molar-refractivity contribution in [3.8, 4) is 5.75 Å². The van der Waals surface area contributed by atoms with Gasteiger partial charge < -0.3 is 4.74 Å². The van der Waals surface area contributed by atoms with Crippen LogP contribution in [-0.2, 0) is 21.2 Å². The number of hydrogen-bond acceptors (Lipinski definition) is 4. The van der Waals surface area contributed by atoms with Crippen LogP contribution in [0.2, 0.25) is 0 Å². The molecule has 0 bridgehead atoms. The Bertz CT molecular complexity index is 1210. The summed E-state index contributed by atoms with van der Waals surface area (Å²) in [5.41, 5.74) is 3.67. The summed E-state index contributed by atoms with van der Waals surface area (Å²) in [7, 11) is -1.79. The van der Waals surface area contributed by atoms with Gasteiger partial charge >= 0.3 is 0 Å². The molecule has 0 spiro atoms. The minimum absolute atomic E-state index is 0.225. The van der Waals surface area contributed by atoms with Gasteiger partial charge in [-0.15, -0.1) is 0 Å². The van der Waals surface area contributed by atoms with Crippen LogP contribution in [0.1, 0.15) is 68.1 Å². The normalized spacial score (nSPS) is 29.9. The van der Waals surface area contributed by atoms with Gasteiger partial charge in [-0.05, 0) is 105 Å². The minimum Gasteiger partial charge on any atom is -0.497 e. The summed E-state index contributed by atoms with van der Waals surface area (Å²) in [5, 5.41) is 0. The number of benzene rings is 2. The number of ketones is 1. The Balaban J connectivity index is 1.27. The molecule has 0 aromatic heterocycles. The highest BCUT2D eigenvalue weighted by Gasteiger charge is 2.58. The van der Waals surface area contributed by atoms with Crippen LogP contribution in [0.3, 0.4) is 0 Å². The summed E-state index contributed by atoms with van der Waals surface area (Å²) in [6.07, 6.45) is 6.48. The van der Waals surface area contributed by atoms with Crippen molar-refractivity contribution < 1.29 is 17.9 Å². The molecule has 0 aliphatic heterocycles. The number of rotatable bonds is 7. The molecule has 4 unspecified atom stereocenters. The third-order valence-corrected chi connectivity index (χ3v) is 10.6. The van der Waals surface area contributed by atoms with Crippen LogP contribution in [0.15, 0.2) is 47.4 Å². The quantitative estimate of drug-likeness (QED) is 0.521. The Morgan fingerprint density at radius 2 is 1.89 bits per heavy atom. The van der Waals surface area contributed by atoms with Crippen molar-refractivity contribution in [3.05, 3.63) is 59.2 Å². The zero-order chi connectivity index (χ0) is 24.8. The number of fused-ring (bicyclic) bond motifs is 5. The Morgan fingerprint density at radius 3 is 2.63 bits per heavy atom. The molecular formula is C29H37NO4S. The summed E-state index contributed by atoms with van der Waals surface area (Å²) in [6, 6.07) is 13.5. The standard InChI is InChI=1S/C29H37NO4S/c1-19-6-10-23(11-7-19)35(32,33)30-16-4-5-21-18-27(31)29(2)15-14-25-24-13-9-22(34-3)17-20(24)8-12-26(25)28(21)29/h6-7,9-11,13,17,21,25-26,28,30H,4-5,8,12,14-16,18H2,1-3H3/t21?,25?,26?,28?,29-/m1/s1. The zero-order valence-electron chi connectivity index (χ0n) is 21.0. The van der Waals surface area contributed by atoms with Gasteiger partial charge in [0, 0.05) is 18.4 Å². The summed E-state index contributed by atoms with van der Waals surface area (Å²) in [5.74, 6) is 3.10. The van der Waals surface area contributed by atoms with Crippen molar-refractivity contribution in [1.29, 1.82) is 0 Å². The fourth-order valence-electron chi connectivity index (χ4n) is 7.38. The van der Waals surface area contributed by atoms with Gasteiger partial charge in [0.2, 0.25) is 10.0 Å². The molecule has 2 aromatic rings. The predicted octanol–water partition coefficient (Wildman–Crippen LogP) is 5.41. The predicted molar refractivity (Wildman–Crippen MR) is 137 cm³/mol. The van der Waals surface area contributed by atoms with Crippen molar-refractivity contribution in [2.45, 2.75) is 69.6 Å². The molecule has 2 saturated carbocycles. The van der Waals surface area contributed by atoms with Gasteiger partial charge in [-0.1, -0.05) is 30.7 Å². The van der Waals surface area contributed by atoms with Crippen LogP contribution in [0, 0.1) is 30.1 Å². The first-order chi connectivity index (χ1) is 16.7. The molecule has 2 fully saturated rings. The van der Waals surface area contributed by atoms with Gasteiger partial charge in [0.25, 0.3) is 0 Å².